The summed E-state index contributed by atoms with van der Waals surface area (Å²) in [5.41, 5.74) is -0.332. The number of benzene rings is 1. The van der Waals surface area contributed by atoms with Crippen LogP contribution in [0.4, 0.5) is 4.79 Å². The maximum atomic E-state index is 13.6. The van der Waals surface area contributed by atoms with Gasteiger partial charge in [-0.15, -0.1) is 0 Å². The molecule has 2 heterocycles. The number of carbonyl (C=O) groups is 5. The average Bonchev–Trinajstić information content (AvgIpc) is 3.38. The van der Waals surface area contributed by atoms with E-state index < -0.39 is 47.6 Å². The van der Waals surface area contributed by atoms with E-state index in [0.29, 0.717) is 5.69 Å². The van der Waals surface area contributed by atoms with Gasteiger partial charge >= 0.3 is 18.0 Å². The molecule has 2 aromatic rings. The van der Waals surface area contributed by atoms with Gasteiger partial charge < -0.3 is 34.4 Å². The van der Waals surface area contributed by atoms with Gasteiger partial charge in [0.15, 0.2) is 11.8 Å². The van der Waals surface area contributed by atoms with Gasteiger partial charge in [0, 0.05) is 38.7 Å². The normalized spacial score (nSPS) is 14.8. The van der Waals surface area contributed by atoms with Gasteiger partial charge in [0.25, 0.3) is 5.91 Å². The van der Waals surface area contributed by atoms with Crippen molar-refractivity contribution >= 4 is 29.8 Å². The van der Waals surface area contributed by atoms with Crippen molar-refractivity contribution in [3.8, 4) is 11.6 Å². The number of hydrogen-bond donors (Lipinski definition) is 2. The molecule has 1 aliphatic heterocycles. The monoisotopic (exact) mass is 601 g/mol. The number of nitrogens with zero attached hydrogens (tertiary/aromatic N) is 4. The molecule has 3 rings (SSSR count). The number of piperazine rings is 1. The molecule has 234 valence electrons. The topological polar surface area (TPSA) is 170 Å². The zero-order valence-electron chi connectivity index (χ0n) is 25.1. The van der Waals surface area contributed by atoms with E-state index in [-0.39, 0.29) is 57.2 Å². The Bertz CT molecular complexity index is 1300. The number of carbonyl (C=O) groups excluding carboxylic acids is 4. The number of amides is 3. The highest BCUT2D eigenvalue weighted by Crippen LogP contribution is 2.21. The van der Waals surface area contributed by atoms with Crippen molar-refractivity contribution < 1.29 is 43.3 Å². The second-order valence-electron chi connectivity index (χ2n) is 10.9. The van der Waals surface area contributed by atoms with Crippen LogP contribution in [0, 0.1) is 0 Å². The molecule has 3 amide bonds. The van der Waals surface area contributed by atoms with E-state index in [1.54, 1.807) is 58.0 Å². The fraction of sp³-hybridized carbons (Fsp3) is 0.517. The molecule has 0 aliphatic carbocycles. The molecule has 1 fully saturated rings. The summed E-state index contributed by atoms with van der Waals surface area (Å²) >= 11 is 0. The van der Waals surface area contributed by atoms with E-state index in [4.69, 9.17) is 14.2 Å². The molecule has 0 radical (unpaired) electrons. The summed E-state index contributed by atoms with van der Waals surface area (Å²) in [6.07, 6.45) is -1.88. The number of esters is 1. The maximum Gasteiger partial charge on any atom is 0.409 e. The zero-order chi connectivity index (χ0) is 31.7. The van der Waals surface area contributed by atoms with Crippen LogP contribution >= 0.6 is 0 Å². The van der Waals surface area contributed by atoms with Crippen molar-refractivity contribution in [2.75, 3.05) is 32.8 Å². The summed E-state index contributed by atoms with van der Waals surface area (Å²) in [6.45, 7) is 9.40. The highest BCUT2D eigenvalue weighted by Gasteiger charge is 2.32. The van der Waals surface area contributed by atoms with Gasteiger partial charge in [-0.05, 0) is 53.2 Å². The SMILES string of the molecule is CCOC(=O)N1CCN(C(=O)[C@H](CCC(=O)OC(C)(C)C)NC(=O)c2cc(OC(C)C(=O)O)n(-c3ccccc3)n2)CC1. The van der Waals surface area contributed by atoms with Gasteiger partial charge in [0.1, 0.15) is 11.6 Å². The number of ether oxygens (including phenoxy) is 3. The second kappa shape index (κ2) is 14.5. The maximum absolute atomic E-state index is 13.6. The molecule has 2 atom stereocenters. The quantitative estimate of drug-likeness (QED) is 0.364. The lowest BCUT2D eigenvalue weighted by atomic mass is 10.1. The Morgan fingerprint density at radius 1 is 1.02 bits per heavy atom. The molecule has 0 bridgehead atoms. The summed E-state index contributed by atoms with van der Waals surface area (Å²) in [5.74, 6) is -2.88. The molecular weight excluding hydrogens is 562 g/mol. The van der Waals surface area contributed by atoms with Crippen molar-refractivity contribution in [3.05, 3.63) is 42.1 Å². The second-order valence-corrected chi connectivity index (χ2v) is 10.9. The molecule has 1 aromatic heterocycles. The fourth-order valence-electron chi connectivity index (χ4n) is 4.23. The summed E-state index contributed by atoms with van der Waals surface area (Å²) in [7, 11) is 0. The lowest BCUT2D eigenvalue weighted by Gasteiger charge is -2.36. The Kier molecular flexibility index (Phi) is 11.1. The van der Waals surface area contributed by atoms with Crippen molar-refractivity contribution in [1.82, 2.24) is 24.9 Å². The van der Waals surface area contributed by atoms with Crippen LogP contribution in [0.15, 0.2) is 36.4 Å². The third kappa shape index (κ3) is 9.45. The predicted octanol–water partition coefficient (Wildman–Crippen LogP) is 2.25. The van der Waals surface area contributed by atoms with E-state index in [9.17, 15) is 29.1 Å². The van der Waals surface area contributed by atoms with Crippen LogP contribution in [0.3, 0.4) is 0 Å². The Morgan fingerprint density at radius 2 is 1.65 bits per heavy atom. The number of para-hydroxylation sites is 1. The highest BCUT2D eigenvalue weighted by molar-refractivity contribution is 5.96. The van der Waals surface area contributed by atoms with E-state index in [2.05, 4.69) is 10.4 Å². The van der Waals surface area contributed by atoms with E-state index >= 15 is 0 Å². The van der Waals surface area contributed by atoms with Crippen LogP contribution in [-0.4, -0.2) is 105 Å². The van der Waals surface area contributed by atoms with Crippen LogP contribution in [0.25, 0.3) is 5.69 Å². The number of aromatic nitrogens is 2. The predicted molar refractivity (Wildman–Crippen MR) is 153 cm³/mol. The standard InChI is InChI=1S/C29H39N5O9/c1-6-41-28(40)33-16-14-32(15-17-33)26(37)21(12-13-24(35)43-29(3,4)5)30-25(36)22-18-23(42-19(2)27(38)39)34(31-22)20-10-8-7-9-11-20/h7-11,18-19,21H,6,12-17H2,1-5H3,(H,30,36)(H,38,39)/t19?,21-/m0/s1. The van der Waals surface area contributed by atoms with Gasteiger partial charge in [-0.1, -0.05) is 18.2 Å². The summed E-state index contributed by atoms with van der Waals surface area (Å²) in [4.78, 5) is 66.0. The Hall–Kier alpha value is -4.62. The number of nitrogens with one attached hydrogen (secondary N) is 1. The van der Waals surface area contributed by atoms with Crippen LogP contribution < -0.4 is 10.1 Å². The molecule has 14 heteroatoms. The van der Waals surface area contributed by atoms with Crippen molar-refractivity contribution in [1.29, 1.82) is 0 Å². The van der Waals surface area contributed by atoms with Crippen molar-refractivity contribution in [3.63, 3.8) is 0 Å². The van der Waals surface area contributed by atoms with Gasteiger partial charge in [-0.3, -0.25) is 14.4 Å². The molecule has 2 N–H and O–H groups in total. The molecule has 14 nitrogen and oxygen atoms in total. The Balaban J connectivity index is 1.82. The van der Waals surface area contributed by atoms with Gasteiger partial charge in [0.2, 0.25) is 11.8 Å². The first kappa shape index (κ1) is 32.9. The van der Waals surface area contributed by atoms with Crippen LogP contribution in [0.2, 0.25) is 0 Å². The summed E-state index contributed by atoms with van der Waals surface area (Å²) < 4.78 is 17.3. The third-order valence-corrected chi connectivity index (χ3v) is 6.33. The first-order valence-electron chi connectivity index (χ1n) is 14.1. The minimum Gasteiger partial charge on any atom is -0.479 e. The molecule has 43 heavy (non-hydrogen) atoms. The molecule has 1 unspecified atom stereocenters. The molecule has 0 saturated carbocycles. The van der Waals surface area contributed by atoms with Gasteiger partial charge in [0.05, 0.1) is 12.3 Å². The van der Waals surface area contributed by atoms with Crippen molar-refractivity contribution in [2.24, 2.45) is 0 Å². The lowest BCUT2D eigenvalue weighted by Crippen LogP contribution is -2.56. The van der Waals surface area contributed by atoms with Crippen molar-refractivity contribution in [2.45, 2.75) is 65.2 Å². The Labute approximate surface area is 249 Å². The number of rotatable bonds is 11. The van der Waals surface area contributed by atoms with Crippen LogP contribution in [-0.2, 0) is 23.9 Å². The first-order valence-corrected chi connectivity index (χ1v) is 14.1. The number of aliphatic carboxylic acids is 1. The van der Waals surface area contributed by atoms with E-state index in [1.165, 1.54) is 27.5 Å². The zero-order valence-corrected chi connectivity index (χ0v) is 25.1. The smallest absolute Gasteiger partial charge is 0.409 e. The Morgan fingerprint density at radius 3 is 2.23 bits per heavy atom. The minimum atomic E-state index is -1.23. The molecule has 0 spiro atoms. The van der Waals surface area contributed by atoms with Gasteiger partial charge in [-0.25, -0.2) is 14.3 Å². The summed E-state index contributed by atoms with van der Waals surface area (Å²) in [6, 6.07) is 8.86. The minimum absolute atomic E-state index is 0.0120. The number of hydrogen-bond acceptors (Lipinski definition) is 9. The molecule has 1 aliphatic rings. The largest absolute Gasteiger partial charge is 0.479 e. The fourth-order valence-corrected chi connectivity index (χ4v) is 4.23. The third-order valence-electron chi connectivity index (χ3n) is 6.33. The average molecular weight is 602 g/mol. The molecule has 1 aromatic carbocycles. The van der Waals surface area contributed by atoms with Crippen LogP contribution in [0.1, 0.15) is 57.9 Å². The van der Waals surface area contributed by atoms with E-state index in [0.717, 1.165) is 0 Å². The first-order chi connectivity index (χ1) is 20.3. The lowest BCUT2D eigenvalue weighted by molar-refractivity contribution is -0.155. The highest BCUT2D eigenvalue weighted by atomic mass is 16.6. The molecule has 1 saturated heterocycles. The van der Waals surface area contributed by atoms with Gasteiger partial charge in [-0.2, -0.15) is 5.10 Å². The number of carboxylic acids is 1. The number of carboxylic acid groups (broad SMARTS) is 1. The van der Waals surface area contributed by atoms with Crippen LogP contribution in [0.5, 0.6) is 5.88 Å². The summed E-state index contributed by atoms with van der Waals surface area (Å²) in [5, 5.41) is 16.3. The molecular formula is C29H39N5O9. The van der Waals surface area contributed by atoms with E-state index in [1.807, 2.05) is 0 Å².